The lowest BCUT2D eigenvalue weighted by Crippen LogP contribution is -2.28. The zero-order valence-electron chi connectivity index (χ0n) is 16.7. The number of carbonyl (C=O) groups is 1. The minimum absolute atomic E-state index is 0.0352. The van der Waals surface area contributed by atoms with Gasteiger partial charge in [0, 0.05) is 0 Å². The first-order chi connectivity index (χ1) is 14.7. The zero-order valence-corrected chi connectivity index (χ0v) is 17.6. The van der Waals surface area contributed by atoms with E-state index in [9.17, 15) is 4.79 Å². The van der Waals surface area contributed by atoms with Gasteiger partial charge in [0.1, 0.15) is 0 Å². The molecule has 0 radical (unpaired) electrons. The summed E-state index contributed by atoms with van der Waals surface area (Å²) in [6.07, 6.45) is 1.63. The number of fused-ring (bicyclic) bond motifs is 1. The highest BCUT2D eigenvalue weighted by molar-refractivity contribution is 8.15. The van der Waals surface area contributed by atoms with Gasteiger partial charge in [-0.2, -0.15) is 5.10 Å². The summed E-state index contributed by atoms with van der Waals surface area (Å²) in [7, 11) is 3.18. The van der Waals surface area contributed by atoms with Crippen molar-refractivity contribution in [3.8, 4) is 11.5 Å². The quantitative estimate of drug-likeness (QED) is 0.441. The molecular formula is C23H21N3O3S. The Morgan fingerprint density at radius 1 is 1.03 bits per heavy atom. The lowest BCUT2D eigenvalue weighted by atomic mass is 10.0. The average molecular weight is 420 g/mol. The largest absolute Gasteiger partial charge is 0.493 e. The molecule has 4 rings (SSSR count). The predicted molar refractivity (Wildman–Crippen MR) is 122 cm³/mol. The molecule has 1 aliphatic heterocycles. The number of amides is 1. The van der Waals surface area contributed by atoms with Crippen LogP contribution in [0.2, 0.25) is 0 Å². The van der Waals surface area contributed by atoms with Crippen molar-refractivity contribution in [2.75, 3.05) is 20.0 Å². The van der Waals surface area contributed by atoms with E-state index in [0.29, 0.717) is 29.0 Å². The third kappa shape index (κ3) is 4.16. The van der Waals surface area contributed by atoms with E-state index in [1.54, 1.807) is 25.3 Å². The molecule has 0 spiro atoms. The molecule has 152 valence electrons. The van der Waals surface area contributed by atoms with Gasteiger partial charge in [0.2, 0.25) is 5.91 Å². The molecule has 0 atom stereocenters. The lowest BCUT2D eigenvalue weighted by Gasteiger charge is -2.16. The van der Waals surface area contributed by atoms with Crippen molar-refractivity contribution in [1.82, 2.24) is 4.90 Å². The molecule has 1 saturated heterocycles. The summed E-state index contributed by atoms with van der Waals surface area (Å²) in [6, 6.07) is 19.8. The van der Waals surface area contributed by atoms with Crippen LogP contribution in [-0.4, -0.2) is 42.2 Å². The van der Waals surface area contributed by atoms with E-state index >= 15 is 0 Å². The summed E-state index contributed by atoms with van der Waals surface area (Å²) < 4.78 is 10.6. The summed E-state index contributed by atoms with van der Waals surface area (Å²) in [6.45, 7) is 0.470. The molecule has 3 aromatic carbocycles. The number of thioether (sulfide) groups is 1. The highest BCUT2D eigenvalue weighted by Crippen LogP contribution is 2.28. The number of benzene rings is 3. The Morgan fingerprint density at radius 2 is 1.83 bits per heavy atom. The van der Waals surface area contributed by atoms with Crippen LogP contribution in [0.25, 0.3) is 10.8 Å². The first-order valence-electron chi connectivity index (χ1n) is 9.42. The molecule has 0 bridgehead atoms. The summed E-state index contributed by atoms with van der Waals surface area (Å²) in [5, 5.41) is 11.4. The Labute approximate surface area is 179 Å². The number of nitrogens with zero attached hydrogens (tertiary/aromatic N) is 3. The van der Waals surface area contributed by atoms with E-state index in [1.807, 2.05) is 42.5 Å². The Morgan fingerprint density at radius 3 is 2.67 bits per heavy atom. The van der Waals surface area contributed by atoms with Crippen molar-refractivity contribution >= 4 is 39.8 Å². The van der Waals surface area contributed by atoms with Crippen LogP contribution in [0.3, 0.4) is 0 Å². The maximum absolute atomic E-state index is 12.5. The molecule has 1 heterocycles. The van der Waals surface area contributed by atoms with Gasteiger partial charge in [0.15, 0.2) is 16.7 Å². The summed E-state index contributed by atoms with van der Waals surface area (Å²) >= 11 is 1.40. The van der Waals surface area contributed by atoms with Gasteiger partial charge in [-0.1, -0.05) is 54.2 Å². The maximum Gasteiger partial charge on any atom is 0.239 e. The second-order valence-corrected chi connectivity index (χ2v) is 7.59. The van der Waals surface area contributed by atoms with Gasteiger partial charge in [-0.05, 0) is 40.1 Å². The monoisotopic (exact) mass is 419 g/mol. The van der Waals surface area contributed by atoms with E-state index in [2.05, 4.69) is 28.4 Å². The lowest BCUT2D eigenvalue weighted by molar-refractivity contribution is -0.124. The molecule has 1 fully saturated rings. The van der Waals surface area contributed by atoms with Crippen molar-refractivity contribution < 1.29 is 14.3 Å². The molecular weight excluding hydrogens is 398 g/mol. The van der Waals surface area contributed by atoms with Crippen molar-refractivity contribution in [1.29, 1.82) is 0 Å². The van der Waals surface area contributed by atoms with E-state index in [1.165, 1.54) is 11.8 Å². The minimum atomic E-state index is 0.0352. The van der Waals surface area contributed by atoms with E-state index in [0.717, 1.165) is 21.9 Å². The fourth-order valence-corrected chi connectivity index (χ4v) is 4.14. The SMILES string of the molecule is COc1ccc(/C=N\N=C2\SCC(=O)N2Cc2cccc3ccccc23)cc1OC. The van der Waals surface area contributed by atoms with Crippen molar-refractivity contribution in [3.05, 3.63) is 71.8 Å². The molecule has 1 amide bonds. The number of rotatable bonds is 6. The first kappa shape index (κ1) is 20.0. The fraction of sp³-hybridized carbons (Fsp3) is 0.174. The maximum atomic E-state index is 12.5. The topological polar surface area (TPSA) is 63.5 Å². The van der Waals surface area contributed by atoms with Gasteiger partial charge < -0.3 is 9.47 Å². The zero-order chi connectivity index (χ0) is 20.9. The number of carbonyl (C=O) groups excluding carboxylic acids is 1. The Bertz CT molecular complexity index is 1140. The second-order valence-electron chi connectivity index (χ2n) is 6.65. The van der Waals surface area contributed by atoms with Crippen LogP contribution in [0, 0.1) is 0 Å². The van der Waals surface area contributed by atoms with Crippen LogP contribution in [0.15, 0.2) is 70.9 Å². The smallest absolute Gasteiger partial charge is 0.239 e. The Hall–Kier alpha value is -3.32. The van der Waals surface area contributed by atoms with Crippen LogP contribution < -0.4 is 9.47 Å². The van der Waals surface area contributed by atoms with Gasteiger partial charge in [0.05, 0.1) is 32.7 Å². The molecule has 7 heteroatoms. The van der Waals surface area contributed by atoms with Gasteiger partial charge in [-0.15, -0.1) is 5.10 Å². The van der Waals surface area contributed by atoms with Crippen molar-refractivity contribution in [2.45, 2.75) is 6.54 Å². The standard InChI is InChI=1S/C23H21N3O3S/c1-28-20-11-10-16(12-21(20)29-2)13-24-25-23-26(22(27)15-30-23)14-18-8-5-7-17-6-3-4-9-19(17)18/h3-13H,14-15H2,1-2H3/b24-13-,25-23+. The second kappa shape index (κ2) is 9.00. The van der Waals surface area contributed by atoms with Gasteiger partial charge in [-0.3, -0.25) is 9.69 Å². The fourth-order valence-electron chi connectivity index (χ4n) is 3.31. The molecule has 6 nitrogen and oxygen atoms in total. The number of hydrogen-bond donors (Lipinski definition) is 0. The molecule has 0 N–H and O–H groups in total. The molecule has 0 saturated carbocycles. The molecule has 3 aromatic rings. The van der Waals surface area contributed by atoms with Crippen molar-refractivity contribution in [2.24, 2.45) is 10.2 Å². The van der Waals surface area contributed by atoms with Crippen LogP contribution in [0.4, 0.5) is 0 Å². The Balaban J connectivity index is 1.55. The van der Waals surface area contributed by atoms with Crippen LogP contribution in [0.5, 0.6) is 11.5 Å². The first-order valence-corrected chi connectivity index (χ1v) is 10.4. The average Bonchev–Trinajstić information content (AvgIpc) is 3.13. The molecule has 30 heavy (non-hydrogen) atoms. The summed E-state index contributed by atoms with van der Waals surface area (Å²) in [4.78, 5) is 14.1. The highest BCUT2D eigenvalue weighted by atomic mass is 32.2. The number of methoxy groups -OCH3 is 2. The highest BCUT2D eigenvalue weighted by Gasteiger charge is 2.28. The van der Waals surface area contributed by atoms with Gasteiger partial charge in [0.25, 0.3) is 0 Å². The van der Waals surface area contributed by atoms with E-state index in [4.69, 9.17) is 9.47 Å². The van der Waals surface area contributed by atoms with Gasteiger partial charge >= 0.3 is 0 Å². The number of hydrogen-bond acceptors (Lipinski definition) is 6. The predicted octanol–water partition coefficient (Wildman–Crippen LogP) is 4.32. The molecule has 0 unspecified atom stereocenters. The van der Waals surface area contributed by atoms with E-state index in [-0.39, 0.29) is 5.91 Å². The molecule has 0 aromatic heterocycles. The normalized spacial score (nSPS) is 15.5. The van der Waals surface area contributed by atoms with Crippen LogP contribution >= 0.6 is 11.8 Å². The van der Waals surface area contributed by atoms with Crippen LogP contribution in [0.1, 0.15) is 11.1 Å². The summed E-state index contributed by atoms with van der Waals surface area (Å²) in [5.74, 6) is 1.68. The third-order valence-corrected chi connectivity index (χ3v) is 5.77. The van der Waals surface area contributed by atoms with E-state index < -0.39 is 0 Å². The van der Waals surface area contributed by atoms with Crippen LogP contribution in [-0.2, 0) is 11.3 Å². The molecule has 0 aliphatic carbocycles. The number of amidine groups is 1. The third-order valence-electron chi connectivity index (χ3n) is 4.82. The number of ether oxygens (including phenoxy) is 2. The molecule has 1 aliphatic rings. The minimum Gasteiger partial charge on any atom is -0.493 e. The van der Waals surface area contributed by atoms with Gasteiger partial charge in [-0.25, -0.2) is 0 Å². The summed E-state index contributed by atoms with van der Waals surface area (Å²) in [5.41, 5.74) is 1.91. The van der Waals surface area contributed by atoms with Crippen molar-refractivity contribution in [3.63, 3.8) is 0 Å². The Kier molecular flexibility index (Phi) is 5.99.